The molecule has 0 N–H and O–H groups in total. The van der Waals surface area contributed by atoms with Crippen LogP contribution in [0, 0.1) is 11.8 Å². The van der Waals surface area contributed by atoms with Gasteiger partial charge in [0.2, 0.25) is 10.0 Å². The molecule has 0 amide bonds. The van der Waals surface area contributed by atoms with Gasteiger partial charge in [-0.1, -0.05) is 32.9 Å². The van der Waals surface area contributed by atoms with E-state index < -0.39 is 10.0 Å². The van der Waals surface area contributed by atoms with Gasteiger partial charge in [-0.2, -0.15) is 4.31 Å². The van der Waals surface area contributed by atoms with Crippen molar-refractivity contribution >= 4 is 10.0 Å². The number of hydrogen-bond donors (Lipinski definition) is 0. The summed E-state index contributed by atoms with van der Waals surface area (Å²) in [6, 6.07) is 7.43. The van der Waals surface area contributed by atoms with E-state index >= 15 is 0 Å². The summed E-state index contributed by atoms with van der Waals surface area (Å²) in [5, 5.41) is 0. The minimum atomic E-state index is -3.35. The zero-order valence-corrected chi connectivity index (χ0v) is 17.3. The van der Waals surface area contributed by atoms with Crippen LogP contribution in [0.15, 0.2) is 29.2 Å². The highest BCUT2D eigenvalue weighted by Crippen LogP contribution is 2.27. The maximum atomic E-state index is 12.9. The van der Waals surface area contributed by atoms with Crippen LogP contribution in [-0.2, 0) is 10.0 Å². The van der Waals surface area contributed by atoms with Crippen LogP contribution in [0.3, 0.4) is 0 Å². The largest absolute Gasteiger partial charge is 0.303 e. The van der Waals surface area contributed by atoms with Crippen LogP contribution in [0.1, 0.15) is 57.9 Å². The Kier molecular flexibility index (Phi) is 6.41. The van der Waals surface area contributed by atoms with Crippen LogP contribution in [0.2, 0.25) is 0 Å². The van der Waals surface area contributed by atoms with Crippen molar-refractivity contribution in [3.63, 3.8) is 0 Å². The molecule has 0 spiro atoms. The molecule has 2 fully saturated rings. The first-order valence-electron chi connectivity index (χ1n) is 10.2. The monoisotopic (exact) mass is 378 g/mol. The Hall–Kier alpha value is -0.910. The van der Waals surface area contributed by atoms with Crippen LogP contribution < -0.4 is 0 Å². The summed E-state index contributed by atoms with van der Waals surface area (Å²) in [6.07, 6.45) is 4.57. The molecule has 1 aromatic carbocycles. The van der Waals surface area contributed by atoms with Crippen molar-refractivity contribution in [2.45, 2.75) is 57.3 Å². The number of hydrogen-bond acceptors (Lipinski definition) is 3. The molecule has 1 aromatic rings. The molecule has 2 aliphatic rings. The molecule has 2 heterocycles. The van der Waals surface area contributed by atoms with Gasteiger partial charge in [0, 0.05) is 19.6 Å². The lowest BCUT2D eigenvalue weighted by Crippen LogP contribution is -2.43. The molecule has 146 valence electrons. The van der Waals surface area contributed by atoms with Gasteiger partial charge in [0.25, 0.3) is 0 Å². The Morgan fingerprint density at radius 3 is 2.08 bits per heavy atom. The average Bonchev–Trinajstić information content (AvgIpc) is 2.64. The Labute approximate surface area is 159 Å². The van der Waals surface area contributed by atoms with E-state index in [1.165, 1.54) is 31.5 Å². The fraction of sp³-hybridized carbons (Fsp3) is 0.714. The second-order valence-electron chi connectivity index (χ2n) is 8.55. The number of benzene rings is 1. The molecule has 0 atom stereocenters. The van der Waals surface area contributed by atoms with Crippen molar-refractivity contribution < 1.29 is 8.42 Å². The number of rotatable bonds is 5. The molecule has 26 heavy (non-hydrogen) atoms. The van der Waals surface area contributed by atoms with Crippen molar-refractivity contribution in [2.75, 3.05) is 32.7 Å². The molecule has 3 rings (SSSR count). The molecule has 0 aromatic heterocycles. The summed E-state index contributed by atoms with van der Waals surface area (Å²) in [5.41, 5.74) is 1.18. The van der Waals surface area contributed by atoms with Crippen LogP contribution >= 0.6 is 0 Å². The SMILES string of the molecule is CC1CCN(CC2CCN(S(=O)(=O)c3ccc(C(C)C)cc3)CC2)CC1. The van der Waals surface area contributed by atoms with Crippen LogP contribution in [0.5, 0.6) is 0 Å². The summed E-state index contributed by atoms with van der Waals surface area (Å²) < 4.78 is 27.5. The van der Waals surface area contributed by atoms with Crippen molar-refractivity contribution in [2.24, 2.45) is 11.8 Å². The zero-order valence-electron chi connectivity index (χ0n) is 16.5. The summed E-state index contributed by atoms with van der Waals surface area (Å²) in [6.45, 7) is 11.5. The zero-order chi connectivity index (χ0) is 18.7. The van der Waals surface area contributed by atoms with Gasteiger partial charge in [0.15, 0.2) is 0 Å². The minimum Gasteiger partial charge on any atom is -0.303 e. The first kappa shape index (κ1) is 19.8. The quantitative estimate of drug-likeness (QED) is 0.779. The number of piperidine rings is 2. The van der Waals surface area contributed by atoms with Crippen molar-refractivity contribution in [3.8, 4) is 0 Å². The standard InChI is InChI=1S/C21H34N2O2S/c1-17(2)20-4-6-21(7-5-20)26(24,25)23-14-10-19(11-15-23)16-22-12-8-18(3)9-13-22/h4-7,17-19H,8-16H2,1-3H3. The predicted molar refractivity (Wildman–Crippen MR) is 107 cm³/mol. The summed E-state index contributed by atoms with van der Waals surface area (Å²) in [7, 11) is -3.35. The summed E-state index contributed by atoms with van der Waals surface area (Å²) >= 11 is 0. The predicted octanol–water partition coefficient (Wildman–Crippen LogP) is 3.94. The third-order valence-corrected chi connectivity index (χ3v) is 8.06. The normalized spacial score (nSPS) is 22.2. The molecular weight excluding hydrogens is 344 g/mol. The molecule has 0 saturated carbocycles. The summed E-state index contributed by atoms with van der Waals surface area (Å²) in [5.74, 6) is 1.92. The van der Waals surface area contributed by atoms with E-state index in [-0.39, 0.29) is 0 Å². The van der Waals surface area contributed by atoms with E-state index in [0.717, 1.165) is 25.3 Å². The van der Waals surface area contributed by atoms with E-state index in [2.05, 4.69) is 25.7 Å². The Morgan fingerprint density at radius 1 is 0.962 bits per heavy atom. The van der Waals surface area contributed by atoms with Gasteiger partial charge in [-0.15, -0.1) is 0 Å². The maximum Gasteiger partial charge on any atom is 0.243 e. The highest BCUT2D eigenvalue weighted by molar-refractivity contribution is 7.89. The van der Waals surface area contributed by atoms with Crippen LogP contribution in [-0.4, -0.2) is 50.3 Å². The first-order chi connectivity index (χ1) is 12.4. The van der Waals surface area contributed by atoms with Gasteiger partial charge in [-0.05, 0) is 74.2 Å². The smallest absolute Gasteiger partial charge is 0.243 e. The summed E-state index contributed by atoms with van der Waals surface area (Å²) in [4.78, 5) is 3.02. The Morgan fingerprint density at radius 2 is 1.54 bits per heavy atom. The molecule has 2 aliphatic heterocycles. The van der Waals surface area contributed by atoms with Crippen molar-refractivity contribution in [3.05, 3.63) is 29.8 Å². The van der Waals surface area contributed by atoms with Gasteiger partial charge < -0.3 is 4.90 Å². The van der Waals surface area contributed by atoms with Gasteiger partial charge >= 0.3 is 0 Å². The van der Waals surface area contributed by atoms with Crippen LogP contribution in [0.25, 0.3) is 0 Å². The van der Waals surface area contributed by atoms with Gasteiger partial charge in [-0.25, -0.2) is 8.42 Å². The van der Waals surface area contributed by atoms with E-state index in [1.54, 1.807) is 16.4 Å². The fourth-order valence-corrected chi connectivity index (χ4v) is 5.59. The second kappa shape index (κ2) is 8.41. The van der Waals surface area contributed by atoms with Gasteiger partial charge in [0.05, 0.1) is 4.90 Å². The van der Waals surface area contributed by atoms with E-state index in [4.69, 9.17) is 0 Å². The molecular formula is C21H34N2O2S. The Balaban J connectivity index is 1.55. The van der Waals surface area contributed by atoms with E-state index in [0.29, 0.717) is 29.8 Å². The molecule has 4 nitrogen and oxygen atoms in total. The number of likely N-dealkylation sites (tertiary alicyclic amines) is 1. The molecule has 0 bridgehead atoms. The number of sulfonamides is 1. The molecule has 5 heteroatoms. The lowest BCUT2D eigenvalue weighted by molar-refractivity contribution is 0.142. The van der Waals surface area contributed by atoms with Crippen molar-refractivity contribution in [1.82, 2.24) is 9.21 Å². The van der Waals surface area contributed by atoms with Crippen LogP contribution in [0.4, 0.5) is 0 Å². The van der Waals surface area contributed by atoms with Gasteiger partial charge in [-0.3, -0.25) is 0 Å². The molecule has 0 unspecified atom stereocenters. The lowest BCUT2D eigenvalue weighted by Gasteiger charge is -2.36. The minimum absolute atomic E-state index is 0.417. The third-order valence-electron chi connectivity index (χ3n) is 6.15. The van der Waals surface area contributed by atoms with E-state index in [1.807, 2.05) is 12.1 Å². The second-order valence-corrected chi connectivity index (χ2v) is 10.5. The first-order valence-corrected chi connectivity index (χ1v) is 11.6. The highest BCUT2D eigenvalue weighted by atomic mass is 32.2. The fourth-order valence-electron chi connectivity index (χ4n) is 4.12. The Bertz CT molecular complexity index is 668. The van der Waals surface area contributed by atoms with Gasteiger partial charge in [0.1, 0.15) is 0 Å². The molecule has 2 saturated heterocycles. The highest BCUT2D eigenvalue weighted by Gasteiger charge is 2.30. The average molecular weight is 379 g/mol. The lowest BCUT2D eigenvalue weighted by atomic mass is 9.94. The molecule has 0 radical (unpaired) electrons. The topological polar surface area (TPSA) is 40.6 Å². The molecule has 0 aliphatic carbocycles. The van der Waals surface area contributed by atoms with Crippen molar-refractivity contribution in [1.29, 1.82) is 0 Å². The third kappa shape index (κ3) is 4.68. The maximum absolute atomic E-state index is 12.9. The number of nitrogens with zero attached hydrogens (tertiary/aromatic N) is 2. The van der Waals surface area contributed by atoms with E-state index in [9.17, 15) is 8.42 Å².